The molecule has 6 nitrogen and oxygen atoms in total. The molecule has 0 aliphatic rings. The Hall–Kier alpha value is -1.95. The third-order valence-corrected chi connectivity index (χ3v) is 1.97. The number of aromatic carboxylic acids is 1. The maximum atomic E-state index is 11.4. The molecule has 0 saturated carbocycles. The molecule has 1 aromatic heterocycles. The van der Waals surface area contributed by atoms with Gasteiger partial charge < -0.3 is 15.2 Å². The van der Waals surface area contributed by atoms with Crippen molar-refractivity contribution in [2.75, 3.05) is 18.5 Å². The normalized spacial score (nSPS) is 9.94. The van der Waals surface area contributed by atoms with Crippen molar-refractivity contribution in [3.63, 3.8) is 0 Å². The van der Waals surface area contributed by atoms with Crippen molar-refractivity contribution >= 4 is 17.7 Å². The molecule has 1 aromatic rings. The molecule has 0 radical (unpaired) electrons. The standard InChI is InChI=1S/C11H14N2O4/c1-2-17-7-5-9(14)13-10-8(11(15)16)4-3-6-12-10/h3-4,6H,2,5,7H2,1H3,(H,15,16)(H,12,13,14). The number of carboxylic acid groups (broad SMARTS) is 1. The smallest absolute Gasteiger partial charge is 0.339 e. The zero-order valence-electron chi connectivity index (χ0n) is 9.47. The molecule has 0 unspecified atom stereocenters. The van der Waals surface area contributed by atoms with Crippen LogP contribution < -0.4 is 5.32 Å². The topological polar surface area (TPSA) is 88.5 Å². The maximum absolute atomic E-state index is 11.4. The first-order valence-corrected chi connectivity index (χ1v) is 5.21. The van der Waals surface area contributed by atoms with Crippen molar-refractivity contribution in [3.05, 3.63) is 23.9 Å². The molecular formula is C11H14N2O4. The number of carboxylic acids is 1. The van der Waals surface area contributed by atoms with E-state index in [1.165, 1.54) is 18.3 Å². The number of aromatic nitrogens is 1. The van der Waals surface area contributed by atoms with Crippen LogP contribution in [0.4, 0.5) is 5.82 Å². The van der Waals surface area contributed by atoms with Gasteiger partial charge in [0.15, 0.2) is 0 Å². The van der Waals surface area contributed by atoms with Gasteiger partial charge in [-0.15, -0.1) is 0 Å². The van der Waals surface area contributed by atoms with Gasteiger partial charge in [-0.25, -0.2) is 9.78 Å². The summed E-state index contributed by atoms with van der Waals surface area (Å²) in [6.07, 6.45) is 1.59. The summed E-state index contributed by atoms with van der Waals surface area (Å²) in [4.78, 5) is 26.1. The fraction of sp³-hybridized carbons (Fsp3) is 0.364. The Morgan fingerprint density at radius 2 is 2.29 bits per heavy atom. The van der Waals surface area contributed by atoms with E-state index in [2.05, 4.69) is 10.3 Å². The van der Waals surface area contributed by atoms with Gasteiger partial charge in [0, 0.05) is 12.8 Å². The molecule has 0 saturated heterocycles. The Morgan fingerprint density at radius 1 is 1.53 bits per heavy atom. The SMILES string of the molecule is CCOCCC(=O)Nc1ncccc1C(=O)O. The van der Waals surface area contributed by atoms with Gasteiger partial charge in [0.25, 0.3) is 0 Å². The van der Waals surface area contributed by atoms with E-state index in [1.807, 2.05) is 6.92 Å². The Bertz CT molecular complexity index is 406. The molecule has 0 fully saturated rings. The molecule has 6 heteroatoms. The number of amides is 1. The van der Waals surface area contributed by atoms with Crippen molar-refractivity contribution in [2.45, 2.75) is 13.3 Å². The second-order valence-electron chi connectivity index (χ2n) is 3.20. The predicted molar refractivity (Wildman–Crippen MR) is 60.9 cm³/mol. The summed E-state index contributed by atoms with van der Waals surface area (Å²) in [5.74, 6) is -1.39. The molecular weight excluding hydrogens is 224 g/mol. The minimum atomic E-state index is -1.13. The highest BCUT2D eigenvalue weighted by atomic mass is 16.5. The lowest BCUT2D eigenvalue weighted by molar-refractivity contribution is -0.117. The number of pyridine rings is 1. The minimum Gasteiger partial charge on any atom is -0.478 e. The Kier molecular flexibility index (Phi) is 5.09. The van der Waals surface area contributed by atoms with E-state index in [1.54, 1.807) is 0 Å². The van der Waals surface area contributed by atoms with E-state index in [9.17, 15) is 9.59 Å². The average molecular weight is 238 g/mol. The first kappa shape index (κ1) is 13.1. The summed E-state index contributed by atoms with van der Waals surface area (Å²) in [7, 11) is 0. The average Bonchev–Trinajstić information content (AvgIpc) is 2.29. The lowest BCUT2D eigenvalue weighted by Gasteiger charge is -2.06. The Labute approximate surface area is 98.6 Å². The van der Waals surface area contributed by atoms with E-state index < -0.39 is 5.97 Å². The number of rotatable bonds is 6. The number of hydrogen-bond acceptors (Lipinski definition) is 4. The van der Waals surface area contributed by atoms with Gasteiger partial charge in [-0.2, -0.15) is 0 Å². The highest BCUT2D eigenvalue weighted by molar-refractivity contribution is 5.99. The monoisotopic (exact) mass is 238 g/mol. The number of carbonyl (C=O) groups excluding carboxylic acids is 1. The van der Waals surface area contributed by atoms with Crippen LogP contribution in [0.25, 0.3) is 0 Å². The molecule has 1 heterocycles. The third kappa shape index (κ3) is 4.20. The van der Waals surface area contributed by atoms with Gasteiger partial charge in [0.1, 0.15) is 11.4 Å². The summed E-state index contributed by atoms with van der Waals surface area (Å²) in [5, 5.41) is 11.3. The third-order valence-electron chi connectivity index (χ3n) is 1.97. The van der Waals surface area contributed by atoms with Crippen molar-refractivity contribution in [1.82, 2.24) is 4.98 Å². The molecule has 0 aromatic carbocycles. The van der Waals surface area contributed by atoms with E-state index in [4.69, 9.17) is 9.84 Å². The number of hydrogen-bond donors (Lipinski definition) is 2. The van der Waals surface area contributed by atoms with Crippen LogP contribution in [0.3, 0.4) is 0 Å². The fourth-order valence-corrected chi connectivity index (χ4v) is 1.18. The molecule has 0 bridgehead atoms. The summed E-state index contributed by atoms with van der Waals surface area (Å²) in [6, 6.07) is 2.88. The Balaban J connectivity index is 2.61. The largest absolute Gasteiger partial charge is 0.478 e. The summed E-state index contributed by atoms with van der Waals surface area (Å²) < 4.78 is 5.02. The van der Waals surface area contributed by atoms with Crippen LogP contribution in [0.15, 0.2) is 18.3 Å². The van der Waals surface area contributed by atoms with E-state index in [0.717, 1.165) is 0 Å². The lowest BCUT2D eigenvalue weighted by Crippen LogP contribution is -2.17. The first-order valence-electron chi connectivity index (χ1n) is 5.21. The van der Waals surface area contributed by atoms with Gasteiger partial charge in [-0.1, -0.05) is 0 Å². The molecule has 1 amide bonds. The summed E-state index contributed by atoms with van der Waals surface area (Å²) in [5.41, 5.74) is -0.0303. The minimum absolute atomic E-state index is 0.0303. The molecule has 17 heavy (non-hydrogen) atoms. The van der Waals surface area contributed by atoms with Crippen LogP contribution in [0.2, 0.25) is 0 Å². The number of carbonyl (C=O) groups is 2. The molecule has 0 aliphatic carbocycles. The molecule has 1 rings (SSSR count). The highest BCUT2D eigenvalue weighted by Gasteiger charge is 2.12. The van der Waals surface area contributed by atoms with Gasteiger partial charge in [-0.3, -0.25) is 4.79 Å². The van der Waals surface area contributed by atoms with Crippen molar-refractivity contribution in [1.29, 1.82) is 0 Å². The molecule has 2 N–H and O–H groups in total. The van der Waals surface area contributed by atoms with E-state index in [-0.39, 0.29) is 23.7 Å². The first-order chi connectivity index (χ1) is 8.15. The van der Waals surface area contributed by atoms with Gasteiger partial charge in [-0.05, 0) is 19.1 Å². The Morgan fingerprint density at radius 3 is 2.94 bits per heavy atom. The molecule has 0 spiro atoms. The van der Waals surface area contributed by atoms with Crippen LogP contribution in [0, 0.1) is 0 Å². The fourth-order valence-electron chi connectivity index (χ4n) is 1.18. The van der Waals surface area contributed by atoms with Crippen LogP contribution in [-0.2, 0) is 9.53 Å². The van der Waals surface area contributed by atoms with Crippen LogP contribution in [0.5, 0.6) is 0 Å². The van der Waals surface area contributed by atoms with Crippen molar-refractivity contribution in [3.8, 4) is 0 Å². The van der Waals surface area contributed by atoms with Crippen LogP contribution in [-0.4, -0.2) is 35.2 Å². The molecule has 0 atom stereocenters. The van der Waals surface area contributed by atoms with Crippen LogP contribution >= 0.6 is 0 Å². The number of nitrogens with one attached hydrogen (secondary N) is 1. The molecule has 92 valence electrons. The van der Waals surface area contributed by atoms with Gasteiger partial charge in [0.2, 0.25) is 5.91 Å². The van der Waals surface area contributed by atoms with Gasteiger partial charge >= 0.3 is 5.97 Å². The number of ether oxygens (including phenoxy) is 1. The van der Waals surface area contributed by atoms with Crippen molar-refractivity contribution in [2.24, 2.45) is 0 Å². The highest BCUT2D eigenvalue weighted by Crippen LogP contribution is 2.11. The van der Waals surface area contributed by atoms with Crippen molar-refractivity contribution < 1.29 is 19.4 Å². The second-order valence-corrected chi connectivity index (χ2v) is 3.20. The maximum Gasteiger partial charge on any atom is 0.339 e. The number of anilines is 1. The quantitative estimate of drug-likeness (QED) is 0.725. The van der Waals surface area contributed by atoms with E-state index >= 15 is 0 Å². The predicted octanol–water partition coefficient (Wildman–Crippen LogP) is 1.14. The zero-order valence-corrected chi connectivity index (χ0v) is 9.47. The van der Waals surface area contributed by atoms with Crippen LogP contribution in [0.1, 0.15) is 23.7 Å². The lowest BCUT2D eigenvalue weighted by atomic mass is 10.2. The number of nitrogens with zero attached hydrogens (tertiary/aromatic N) is 1. The summed E-state index contributed by atoms with van der Waals surface area (Å²) >= 11 is 0. The van der Waals surface area contributed by atoms with Gasteiger partial charge in [0.05, 0.1) is 13.0 Å². The summed E-state index contributed by atoms with van der Waals surface area (Å²) in [6.45, 7) is 2.67. The second kappa shape index (κ2) is 6.59. The zero-order chi connectivity index (χ0) is 12.7. The van der Waals surface area contributed by atoms with E-state index in [0.29, 0.717) is 13.2 Å². The molecule has 0 aliphatic heterocycles.